The number of nitrogens with one attached hydrogen (secondary N) is 3. The molecule has 0 aliphatic carbocycles. The number of amides is 2. The van der Waals surface area contributed by atoms with E-state index in [9.17, 15) is 19.7 Å². The summed E-state index contributed by atoms with van der Waals surface area (Å²) < 4.78 is 1.31. The summed E-state index contributed by atoms with van der Waals surface area (Å²) in [5, 5.41) is 25.7. The molecule has 0 aliphatic heterocycles. The lowest BCUT2D eigenvalue weighted by Crippen LogP contribution is -2.30. The van der Waals surface area contributed by atoms with Crippen LogP contribution >= 0.6 is 0 Å². The van der Waals surface area contributed by atoms with Crippen LogP contribution < -0.4 is 10.6 Å². The first-order valence-electron chi connectivity index (χ1n) is 7.10. The Hall–Kier alpha value is -3.24. The molecule has 2 aromatic rings. The van der Waals surface area contributed by atoms with Gasteiger partial charge in [0.05, 0.1) is 16.8 Å². The zero-order chi connectivity index (χ0) is 17.9. The second-order valence-electron chi connectivity index (χ2n) is 5.48. The maximum atomic E-state index is 12.2. The number of H-pyrrole nitrogens is 1. The van der Waals surface area contributed by atoms with Crippen LogP contribution in [0, 0.1) is 16.0 Å². The summed E-state index contributed by atoms with van der Waals surface area (Å²) in [4.78, 5) is 34.6. The standard InChI is InChI=1S/C13H17N7O4/c1-7(2)4-14-13(22)11-8(5-16-19(11)3)17-12(21)10-9(20(23)24)6-15-18-10/h5-7H,4H2,1-3H3,(H,14,22)(H,15,18)(H,17,21). The summed E-state index contributed by atoms with van der Waals surface area (Å²) in [7, 11) is 1.55. The highest BCUT2D eigenvalue weighted by atomic mass is 16.6. The van der Waals surface area contributed by atoms with E-state index >= 15 is 0 Å². The van der Waals surface area contributed by atoms with E-state index in [0.29, 0.717) is 6.54 Å². The van der Waals surface area contributed by atoms with Crippen molar-refractivity contribution in [2.45, 2.75) is 13.8 Å². The maximum Gasteiger partial charge on any atom is 0.319 e. The van der Waals surface area contributed by atoms with Crippen molar-refractivity contribution < 1.29 is 14.5 Å². The molecule has 11 heteroatoms. The van der Waals surface area contributed by atoms with Crippen LogP contribution in [0.5, 0.6) is 0 Å². The van der Waals surface area contributed by atoms with Crippen LogP contribution in [0.15, 0.2) is 12.4 Å². The van der Waals surface area contributed by atoms with Gasteiger partial charge in [0.1, 0.15) is 11.9 Å². The van der Waals surface area contributed by atoms with Crippen LogP contribution in [0.2, 0.25) is 0 Å². The predicted molar refractivity (Wildman–Crippen MR) is 83.6 cm³/mol. The number of aromatic amines is 1. The van der Waals surface area contributed by atoms with Gasteiger partial charge in [-0.15, -0.1) is 0 Å². The lowest BCUT2D eigenvalue weighted by molar-refractivity contribution is -0.385. The van der Waals surface area contributed by atoms with Gasteiger partial charge >= 0.3 is 5.69 Å². The van der Waals surface area contributed by atoms with Gasteiger partial charge < -0.3 is 10.6 Å². The van der Waals surface area contributed by atoms with E-state index in [4.69, 9.17) is 0 Å². The number of hydrogen-bond acceptors (Lipinski definition) is 6. The molecule has 0 radical (unpaired) electrons. The molecule has 0 saturated carbocycles. The first-order valence-corrected chi connectivity index (χ1v) is 7.10. The minimum absolute atomic E-state index is 0.145. The molecule has 2 amide bonds. The third kappa shape index (κ3) is 3.56. The summed E-state index contributed by atoms with van der Waals surface area (Å²) in [5.74, 6) is -0.934. The Morgan fingerprint density at radius 1 is 1.38 bits per heavy atom. The highest BCUT2D eigenvalue weighted by Gasteiger charge is 2.25. The summed E-state index contributed by atoms with van der Waals surface area (Å²) in [6, 6.07) is 0. The zero-order valence-corrected chi connectivity index (χ0v) is 13.4. The van der Waals surface area contributed by atoms with Gasteiger partial charge in [0.15, 0.2) is 0 Å². The average Bonchev–Trinajstić information content (AvgIpc) is 3.12. The quantitative estimate of drug-likeness (QED) is 0.522. The summed E-state index contributed by atoms with van der Waals surface area (Å²) >= 11 is 0. The van der Waals surface area contributed by atoms with E-state index in [0.717, 1.165) is 6.20 Å². The molecule has 0 fully saturated rings. The monoisotopic (exact) mass is 335 g/mol. The molecule has 0 aromatic carbocycles. The minimum Gasteiger partial charge on any atom is -0.350 e. The van der Waals surface area contributed by atoms with Crippen molar-refractivity contribution in [2.24, 2.45) is 13.0 Å². The zero-order valence-electron chi connectivity index (χ0n) is 13.4. The Bertz CT molecular complexity index is 777. The van der Waals surface area contributed by atoms with Crippen LogP contribution in [0.1, 0.15) is 34.8 Å². The molecule has 0 atom stereocenters. The van der Waals surface area contributed by atoms with Gasteiger partial charge in [-0.3, -0.25) is 29.5 Å². The third-order valence-electron chi connectivity index (χ3n) is 3.12. The average molecular weight is 335 g/mol. The molecule has 3 N–H and O–H groups in total. The van der Waals surface area contributed by atoms with E-state index < -0.39 is 22.4 Å². The van der Waals surface area contributed by atoms with Gasteiger partial charge in [0.25, 0.3) is 11.8 Å². The van der Waals surface area contributed by atoms with Crippen LogP contribution in [-0.4, -0.2) is 43.3 Å². The van der Waals surface area contributed by atoms with Gasteiger partial charge in [-0.1, -0.05) is 13.8 Å². The molecule has 128 valence electrons. The molecule has 0 spiro atoms. The van der Waals surface area contributed by atoms with Gasteiger partial charge in [-0.2, -0.15) is 10.2 Å². The van der Waals surface area contributed by atoms with Crippen molar-refractivity contribution in [3.63, 3.8) is 0 Å². The summed E-state index contributed by atoms with van der Waals surface area (Å²) in [5.41, 5.74) is -0.474. The van der Waals surface area contributed by atoms with Gasteiger partial charge in [0.2, 0.25) is 5.69 Å². The van der Waals surface area contributed by atoms with Crippen molar-refractivity contribution in [3.05, 3.63) is 33.9 Å². The second-order valence-corrected chi connectivity index (χ2v) is 5.48. The molecule has 11 nitrogen and oxygen atoms in total. The third-order valence-corrected chi connectivity index (χ3v) is 3.12. The van der Waals surface area contributed by atoms with Crippen LogP contribution in [0.3, 0.4) is 0 Å². The highest BCUT2D eigenvalue weighted by molar-refractivity contribution is 6.09. The molecule has 0 saturated heterocycles. The first-order chi connectivity index (χ1) is 11.3. The van der Waals surface area contributed by atoms with Crippen molar-refractivity contribution in [1.82, 2.24) is 25.3 Å². The number of nitrogens with zero attached hydrogens (tertiary/aromatic N) is 4. The largest absolute Gasteiger partial charge is 0.350 e. The smallest absolute Gasteiger partial charge is 0.319 e. The lowest BCUT2D eigenvalue weighted by atomic mass is 10.2. The Balaban J connectivity index is 2.21. The molecule has 24 heavy (non-hydrogen) atoms. The minimum atomic E-state index is -0.787. The van der Waals surface area contributed by atoms with Gasteiger partial charge in [-0.05, 0) is 5.92 Å². The van der Waals surface area contributed by atoms with Crippen LogP contribution in [-0.2, 0) is 7.05 Å². The molecule has 0 unspecified atom stereocenters. The number of rotatable bonds is 6. The Morgan fingerprint density at radius 3 is 2.71 bits per heavy atom. The SMILES string of the molecule is CC(C)CNC(=O)c1c(NC(=O)c2[nH]ncc2[N+](=O)[O-])cnn1C. The van der Waals surface area contributed by atoms with Crippen molar-refractivity contribution in [3.8, 4) is 0 Å². The van der Waals surface area contributed by atoms with E-state index in [-0.39, 0.29) is 23.0 Å². The van der Waals surface area contributed by atoms with Crippen molar-refractivity contribution in [2.75, 3.05) is 11.9 Å². The number of nitro groups is 1. The fourth-order valence-corrected chi connectivity index (χ4v) is 1.95. The van der Waals surface area contributed by atoms with Crippen molar-refractivity contribution >= 4 is 23.2 Å². The van der Waals surface area contributed by atoms with Crippen molar-refractivity contribution in [1.29, 1.82) is 0 Å². The van der Waals surface area contributed by atoms with E-state index in [1.807, 2.05) is 13.8 Å². The Labute approximate surface area is 136 Å². The summed E-state index contributed by atoms with van der Waals surface area (Å²) in [6.45, 7) is 4.36. The fraction of sp³-hybridized carbons (Fsp3) is 0.385. The Morgan fingerprint density at radius 2 is 2.08 bits per heavy atom. The molecule has 0 aliphatic rings. The number of aromatic nitrogens is 4. The molecular formula is C13H17N7O4. The van der Waals surface area contributed by atoms with Crippen LogP contribution in [0.25, 0.3) is 0 Å². The number of carbonyl (C=O) groups excluding carboxylic acids is 2. The van der Waals surface area contributed by atoms with E-state index in [2.05, 4.69) is 25.9 Å². The van der Waals surface area contributed by atoms with Crippen LogP contribution in [0.4, 0.5) is 11.4 Å². The van der Waals surface area contributed by atoms with E-state index in [1.165, 1.54) is 10.9 Å². The predicted octanol–water partition coefficient (Wildman–Crippen LogP) is 0.690. The number of anilines is 1. The number of hydrogen-bond donors (Lipinski definition) is 3. The molecule has 2 rings (SSSR count). The topological polar surface area (TPSA) is 148 Å². The highest BCUT2D eigenvalue weighted by Crippen LogP contribution is 2.19. The van der Waals surface area contributed by atoms with E-state index in [1.54, 1.807) is 7.05 Å². The number of carbonyl (C=O) groups is 2. The van der Waals surface area contributed by atoms with Gasteiger partial charge in [-0.25, -0.2) is 0 Å². The summed E-state index contributed by atoms with van der Waals surface area (Å²) in [6.07, 6.45) is 2.23. The lowest BCUT2D eigenvalue weighted by Gasteiger charge is -2.10. The Kier molecular flexibility index (Phi) is 4.92. The molecule has 2 aromatic heterocycles. The molecule has 0 bridgehead atoms. The fourth-order valence-electron chi connectivity index (χ4n) is 1.95. The number of aryl methyl sites for hydroxylation is 1. The first kappa shape index (κ1) is 17.1. The maximum absolute atomic E-state index is 12.2. The van der Waals surface area contributed by atoms with Gasteiger partial charge in [0, 0.05) is 13.6 Å². The molecular weight excluding hydrogens is 318 g/mol. The normalized spacial score (nSPS) is 10.7. The molecule has 2 heterocycles. The second kappa shape index (κ2) is 6.89.